The van der Waals surface area contributed by atoms with Gasteiger partial charge in [-0.15, -0.1) is 0 Å². The van der Waals surface area contributed by atoms with Gasteiger partial charge in [0, 0.05) is 18.5 Å². The van der Waals surface area contributed by atoms with Crippen LogP contribution in [0.3, 0.4) is 0 Å². The SMILES string of the molecule is O=C1CCC(N2C(=O)c3cccc(CNC(=O)c4ccc(OC(F)F)cc4)c3C2=O)C(=O)C1. The number of nitrogens with zero attached hydrogens (tertiary/aromatic N) is 1. The Hall–Kier alpha value is -3.95. The van der Waals surface area contributed by atoms with Crippen LogP contribution in [0.4, 0.5) is 8.78 Å². The molecular weight excluding hydrogens is 438 g/mol. The maximum Gasteiger partial charge on any atom is 0.387 e. The summed E-state index contributed by atoms with van der Waals surface area (Å²) in [6.45, 7) is -3.06. The molecule has 0 saturated heterocycles. The molecule has 1 unspecified atom stereocenters. The number of rotatable bonds is 6. The van der Waals surface area contributed by atoms with Crippen LogP contribution in [-0.2, 0) is 16.1 Å². The molecule has 0 radical (unpaired) electrons. The Morgan fingerprint density at radius 2 is 1.79 bits per heavy atom. The lowest BCUT2D eigenvalue weighted by atomic mass is 9.92. The quantitative estimate of drug-likeness (QED) is 0.528. The van der Waals surface area contributed by atoms with Crippen molar-refractivity contribution < 1.29 is 37.5 Å². The fourth-order valence-electron chi connectivity index (χ4n) is 4.00. The number of alkyl halides is 2. The van der Waals surface area contributed by atoms with Crippen molar-refractivity contribution in [1.82, 2.24) is 10.2 Å². The molecule has 8 nitrogen and oxygen atoms in total. The second-order valence-electron chi connectivity index (χ2n) is 7.64. The van der Waals surface area contributed by atoms with E-state index in [0.717, 1.165) is 4.90 Å². The van der Waals surface area contributed by atoms with Crippen LogP contribution in [0.25, 0.3) is 0 Å². The first-order valence-corrected chi connectivity index (χ1v) is 10.1. The third-order valence-electron chi connectivity index (χ3n) is 5.57. The maximum atomic E-state index is 13.1. The third kappa shape index (κ3) is 4.36. The van der Waals surface area contributed by atoms with Crippen molar-refractivity contribution in [1.29, 1.82) is 0 Å². The Kier molecular flexibility index (Phi) is 5.99. The lowest BCUT2D eigenvalue weighted by Crippen LogP contribution is -2.47. The van der Waals surface area contributed by atoms with Gasteiger partial charge in [-0.1, -0.05) is 12.1 Å². The van der Waals surface area contributed by atoms with E-state index in [1.54, 1.807) is 12.1 Å². The van der Waals surface area contributed by atoms with Crippen LogP contribution >= 0.6 is 0 Å². The molecule has 1 heterocycles. The Labute approximate surface area is 186 Å². The van der Waals surface area contributed by atoms with Gasteiger partial charge in [0.1, 0.15) is 11.5 Å². The monoisotopic (exact) mass is 456 g/mol. The largest absolute Gasteiger partial charge is 0.435 e. The van der Waals surface area contributed by atoms with Crippen LogP contribution in [0.1, 0.15) is 55.9 Å². The molecule has 2 aromatic rings. The number of carbonyl (C=O) groups is 5. The van der Waals surface area contributed by atoms with E-state index in [1.807, 2.05) is 0 Å². The van der Waals surface area contributed by atoms with E-state index in [4.69, 9.17) is 0 Å². The minimum Gasteiger partial charge on any atom is -0.435 e. The summed E-state index contributed by atoms with van der Waals surface area (Å²) in [5, 5.41) is 2.63. The highest BCUT2D eigenvalue weighted by molar-refractivity contribution is 6.24. The molecule has 0 spiro atoms. The van der Waals surface area contributed by atoms with Crippen molar-refractivity contribution >= 4 is 29.3 Å². The minimum absolute atomic E-state index is 0.0821. The van der Waals surface area contributed by atoms with Crippen molar-refractivity contribution in [2.75, 3.05) is 0 Å². The highest BCUT2D eigenvalue weighted by Gasteiger charge is 2.45. The van der Waals surface area contributed by atoms with Crippen molar-refractivity contribution in [3.63, 3.8) is 0 Å². The van der Waals surface area contributed by atoms with Crippen LogP contribution in [0.15, 0.2) is 42.5 Å². The van der Waals surface area contributed by atoms with E-state index < -0.39 is 36.2 Å². The molecular formula is C23H18F2N2O6. The number of imide groups is 1. The number of fused-ring (bicyclic) bond motifs is 1. The summed E-state index contributed by atoms with van der Waals surface area (Å²) in [6, 6.07) is 8.73. The molecule has 1 saturated carbocycles. The zero-order valence-electron chi connectivity index (χ0n) is 17.2. The first-order chi connectivity index (χ1) is 15.8. The van der Waals surface area contributed by atoms with Crippen LogP contribution in [-0.4, -0.2) is 46.8 Å². The molecule has 1 fully saturated rings. The number of ketones is 2. The van der Waals surface area contributed by atoms with E-state index in [9.17, 15) is 32.8 Å². The minimum atomic E-state index is -2.98. The number of benzene rings is 2. The van der Waals surface area contributed by atoms with Crippen molar-refractivity contribution in [3.05, 3.63) is 64.7 Å². The van der Waals surface area contributed by atoms with Crippen LogP contribution in [0.2, 0.25) is 0 Å². The molecule has 3 amide bonds. The van der Waals surface area contributed by atoms with Crippen LogP contribution < -0.4 is 10.1 Å². The number of carbonyl (C=O) groups excluding carboxylic acids is 5. The highest BCUT2D eigenvalue weighted by Crippen LogP contribution is 2.31. The number of amides is 3. The number of hydrogen-bond acceptors (Lipinski definition) is 6. The first kappa shape index (κ1) is 22.3. The van der Waals surface area contributed by atoms with Gasteiger partial charge in [-0.05, 0) is 42.3 Å². The van der Waals surface area contributed by atoms with E-state index in [1.165, 1.54) is 30.3 Å². The van der Waals surface area contributed by atoms with Crippen LogP contribution in [0, 0.1) is 0 Å². The predicted molar refractivity (Wildman–Crippen MR) is 109 cm³/mol. The number of hydrogen-bond donors (Lipinski definition) is 1. The molecule has 170 valence electrons. The summed E-state index contributed by atoms with van der Waals surface area (Å²) in [5.74, 6) is -2.54. The van der Waals surface area contributed by atoms with Crippen molar-refractivity contribution in [2.45, 2.75) is 38.5 Å². The van der Waals surface area contributed by atoms with Gasteiger partial charge in [0.2, 0.25) is 0 Å². The molecule has 1 aliphatic carbocycles. The number of Topliss-reactive ketones (excluding diaryl/α,β-unsaturated/α-hetero) is 2. The smallest absolute Gasteiger partial charge is 0.387 e. The van der Waals surface area contributed by atoms with E-state index in [0.29, 0.717) is 5.56 Å². The van der Waals surface area contributed by atoms with Gasteiger partial charge in [-0.2, -0.15) is 8.78 Å². The number of ether oxygens (including phenoxy) is 1. The van der Waals surface area contributed by atoms with Crippen molar-refractivity contribution in [3.8, 4) is 5.75 Å². The topological polar surface area (TPSA) is 110 Å². The molecule has 33 heavy (non-hydrogen) atoms. The van der Waals surface area contributed by atoms with Gasteiger partial charge in [-0.3, -0.25) is 28.9 Å². The summed E-state index contributed by atoms with van der Waals surface area (Å²) in [4.78, 5) is 63.1. The Morgan fingerprint density at radius 3 is 2.45 bits per heavy atom. The Morgan fingerprint density at radius 1 is 1.06 bits per heavy atom. The second-order valence-corrected chi connectivity index (χ2v) is 7.64. The average Bonchev–Trinajstić information content (AvgIpc) is 3.03. The molecule has 10 heteroatoms. The molecule has 2 aliphatic rings. The Balaban J connectivity index is 1.49. The molecule has 2 aromatic carbocycles. The number of halogens is 2. The zero-order valence-corrected chi connectivity index (χ0v) is 17.2. The van der Waals surface area contributed by atoms with Crippen LogP contribution in [0.5, 0.6) is 5.75 Å². The zero-order chi connectivity index (χ0) is 23.7. The van der Waals surface area contributed by atoms with E-state index >= 15 is 0 Å². The lowest BCUT2D eigenvalue weighted by molar-refractivity contribution is -0.132. The summed E-state index contributed by atoms with van der Waals surface area (Å²) >= 11 is 0. The predicted octanol–water partition coefficient (Wildman–Crippen LogP) is 2.50. The lowest BCUT2D eigenvalue weighted by Gasteiger charge is -2.27. The van der Waals surface area contributed by atoms with Gasteiger partial charge >= 0.3 is 6.61 Å². The molecule has 0 aromatic heterocycles. The standard InChI is InChI=1S/C23H18F2N2O6/c24-23(25)33-15-7-4-12(5-8-15)20(30)26-11-13-2-1-3-16-19(13)22(32)27(21(16)31)17-9-6-14(28)10-18(17)29/h1-5,7-8,17,23H,6,9-11H2,(H,26,30). The molecule has 1 atom stereocenters. The van der Waals surface area contributed by atoms with E-state index in [-0.39, 0.29) is 54.0 Å². The fourth-order valence-corrected chi connectivity index (χ4v) is 4.00. The highest BCUT2D eigenvalue weighted by atomic mass is 19.3. The maximum absolute atomic E-state index is 13.1. The van der Waals surface area contributed by atoms with Gasteiger partial charge in [0.15, 0.2) is 5.78 Å². The Bertz CT molecular complexity index is 1160. The molecule has 1 aliphatic heterocycles. The summed E-state index contributed by atoms with van der Waals surface area (Å²) in [7, 11) is 0. The van der Waals surface area contributed by atoms with Gasteiger partial charge in [0.25, 0.3) is 17.7 Å². The molecule has 1 N–H and O–H groups in total. The molecule has 0 bridgehead atoms. The average molecular weight is 456 g/mol. The van der Waals surface area contributed by atoms with Gasteiger partial charge in [0.05, 0.1) is 23.6 Å². The fraction of sp³-hybridized carbons (Fsp3) is 0.261. The summed E-state index contributed by atoms with van der Waals surface area (Å²) in [5.41, 5.74) is 0.808. The van der Waals surface area contributed by atoms with Gasteiger partial charge in [-0.25, -0.2) is 0 Å². The summed E-state index contributed by atoms with van der Waals surface area (Å²) in [6.07, 6.45) is -0.0868. The molecule has 4 rings (SSSR count). The first-order valence-electron chi connectivity index (χ1n) is 10.1. The van der Waals surface area contributed by atoms with E-state index in [2.05, 4.69) is 10.1 Å². The second kappa shape index (κ2) is 8.89. The van der Waals surface area contributed by atoms with Gasteiger partial charge < -0.3 is 10.1 Å². The normalized spacial score (nSPS) is 18.0. The van der Waals surface area contributed by atoms with Crippen molar-refractivity contribution in [2.24, 2.45) is 0 Å². The number of nitrogens with one attached hydrogen (secondary N) is 1. The summed E-state index contributed by atoms with van der Waals surface area (Å²) < 4.78 is 28.7. The third-order valence-corrected chi connectivity index (χ3v) is 5.57.